The number of hydrogen-bond acceptors (Lipinski definition) is 3. The van der Waals surface area contributed by atoms with Crippen molar-refractivity contribution in [1.29, 1.82) is 0 Å². The molecule has 1 heterocycles. The third-order valence-corrected chi connectivity index (χ3v) is 3.07. The first-order chi connectivity index (χ1) is 3.80. The Morgan fingerprint density at radius 3 is 2.38 bits per heavy atom. The smallest absolute Gasteiger partial charge is 0.225 e. The van der Waals surface area contributed by atoms with Gasteiger partial charge in [0, 0.05) is 11.5 Å². The number of carbonyl (C=O) groups excluding carboxylic acids is 1. The van der Waals surface area contributed by atoms with Crippen molar-refractivity contribution in [1.82, 2.24) is 0 Å². The molecular formula is C5H6OS2. The summed E-state index contributed by atoms with van der Waals surface area (Å²) in [5.74, 6) is 1.98. The second-order valence-corrected chi connectivity index (χ2v) is 3.66. The first-order valence-electron chi connectivity index (χ1n) is 2.29. The minimum absolute atomic E-state index is 0.154. The molecule has 0 spiro atoms. The van der Waals surface area contributed by atoms with E-state index in [4.69, 9.17) is 0 Å². The summed E-state index contributed by atoms with van der Waals surface area (Å²) in [5, 5.41) is 0.154. The fourth-order valence-electron chi connectivity index (χ4n) is 0.439. The maximum absolute atomic E-state index is 10.6. The average molecular weight is 146 g/mol. The zero-order valence-electron chi connectivity index (χ0n) is 4.35. The summed E-state index contributed by atoms with van der Waals surface area (Å²) in [4.78, 5) is 11.3. The van der Waals surface area contributed by atoms with E-state index in [2.05, 4.69) is 6.58 Å². The molecule has 0 N–H and O–H groups in total. The molecule has 0 bridgehead atoms. The van der Waals surface area contributed by atoms with Crippen molar-refractivity contribution in [3.63, 3.8) is 0 Å². The Morgan fingerprint density at radius 2 is 2.00 bits per heavy atom. The molecule has 0 unspecified atom stereocenters. The van der Waals surface area contributed by atoms with Crippen LogP contribution in [0.15, 0.2) is 11.5 Å². The Hall–Kier alpha value is 0.110. The largest absolute Gasteiger partial charge is 0.281 e. The summed E-state index contributed by atoms with van der Waals surface area (Å²) < 4.78 is 0. The molecule has 1 aliphatic rings. The molecule has 0 saturated carbocycles. The van der Waals surface area contributed by atoms with E-state index in [0.29, 0.717) is 4.91 Å². The van der Waals surface area contributed by atoms with Crippen LogP contribution in [0, 0.1) is 0 Å². The number of rotatable bonds is 0. The zero-order valence-corrected chi connectivity index (χ0v) is 5.98. The molecule has 8 heavy (non-hydrogen) atoms. The van der Waals surface area contributed by atoms with E-state index in [-0.39, 0.29) is 5.12 Å². The average Bonchev–Trinajstić information content (AvgIpc) is 1.77. The molecule has 0 atom stereocenters. The van der Waals surface area contributed by atoms with Crippen LogP contribution in [0.1, 0.15) is 0 Å². The quantitative estimate of drug-likeness (QED) is 0.482. The van der Waals surface area contributed by atoms with Crippen LogP contribution in [-0.4, -0.2) is 16.6 Å². The Kier molecular flexibility index (Phi) is 2.02. The Morgan fingerprint density at radius 1 is 1.38 bits per heavy atom. The van der Waals surface area contributed by atoms with Gasteiger partial charge in [-0.05, 0) is 0 Å². The van der Waals surface area contributed by atoms with E-state index < -0.39 is 0 Å². The van der Waals surface area contributed by atoms with Crippen LogP contribution in [0.2, 0.25) is 0 Å². The monoisotopic (exact) mass is 146 g/mol. The molecule has 0 aromatic heterocycles. The van der Waals surface area contributed by atoms with Crippen molar-refractivity contribution in [2.45, 2.75) is 0 Å². The van der Waals surface area contributed by atoms with Crippen LogP contribution in [0.5, 0.6) is 0 Å². The van der Waals surface area contributed by atoms with Crippen molar-refractivity contribution in [2.24, 2.45) is 0 Å². The summed E-state index contributed by atoms with van der Waals surface area (Å²) in [6.45, 7) is 3.59. The standard InChI is InChI=1S/C5H6OS2/c1-4-5(6)8-3-2-7-4/h1-3H2. The number of hydrogen-bond donors (Lipinski definition) is 0. The second-order valence-electron chi connectivity index (χ2n) is 1.41. The molecule has 0 aliphatic carbocycles. The summed E-state index contributed by atoms with van der Waals surface area (Å²) in [7, 11) is 0. The van der Waals surface area contributed by atoms with Gasteiger partial charge in [-0.25, -0.2) is 0 Å². The zero-order chi connectivity index (χ0) is 5.98. The van der Waals surface area contributed by atoms with Gasteiger partial charge in [0.1, 0.15) is 0 Å². The third kappa shape index (κ3) is 1.29. The fourth-order valence-corrected chi connectivity index (χ4v) is 2.17. The van der Waals surface area contributed by atoms with E-state index >= 15 is 0 Å². The molecule has 3 heteroatoms. The van der Waals surface area contributed by atoms with Gasteiger partial charge in [0.25, 0.3) is 0 Å². The molecule has 1 fully saturated rings. The van der Waals surface area contributed by atoms with E-state index in [1.54, 1.807) is 11.8 Å². The van der Waals surface area contributed by atoms with Crippen LogP contribution < -0.4 is 0 Å². The highest BCUT2D eigenvalue weighted by atomic mass is 32.2. The minimum Gasteiger partial charge on any atom is -0.281 e. The van der Waals surface area contributed by atoms with E-state index in [0.717, 1.165) is 11.5 Å². The lowest BCUT2D eigenvalue weighted by Gasteiger charge is -2.08. The molecule has 0 radical (unpaired) electrons. The predicted molar refractivity (Wildman–Crippen MR) is 39.1 cm³/mol. The van der Waals surface area contributed by atoms with Crippen molar-refractivity contribution in [3.8, 4) is 0 Å². The molecule has 1 saturated heterocycles. The van der Waals surface area contributed by atoms with Gasteiger partial charge >= 0.3 is 0 Å². The lowest BCUT2D eigenvalue weighted by Crippen LogP contribution is -2.02. The van der Waals surface area contributed by atoms with Gasteiger partial charge in [0.15, 0.2) is 0 Å². The van der Waals surface area contributed by atoms with Gasteiger partial charge in [-0.3, -0.25) is 4.79 Å². The lowest BCUT2D eigenvalue weighted by atomic mass is 10.7. The number of thioether (sulfide) groups is 2. The highest BCUT2D eigenvalue weighted by molar-refractivity contribution is 8.20. The van der Waals surface area contributed by atoms with Crippen LogP contribution in [-0.2, 0) is 4.79 Å². The maximum Gasteiger partial charge on any atom is 0.225 e. The number of carbonyl (C=O) groups is 1. The molecule has 0 amide bonds. The van der Waals surface area contributed by atoms with Gasteiger partial charge in [-0.1, -0.05) is 18.3 Å². The first kappa shape index (κ1) is 6.23. The van der Waals surface area contributed by atoms with Crippen molar-refractivity contribution < 1.29 is 4.79 Å². The van der Waals surface area contributed by atoms with Crippen molar-refractivity contribution in [3.05, 3.63) is 11.5 Å². The Bertz CT molecular complexity index is 114. The van der Waals surface area contributed by atoms with E-state index in [1.165, 1.54) is 11.8 Å². The summed E-state index contributed by atoms with van der Waals surface area (Å²) >= 11 is 2.93. The SMILES string of the molecule is C=C1SCCSC1=O. The minimum atomic E-state index is 0.154. The van der Waals surface area contributed by atoms with Crippen LogP contribution >= 0.6 is 23.5 Å². The summed E-state index contributed by atoms with van der Waals surface area (Å²) in [6, 6.07) is 0. The Labute approximate surface area is 56.9 Å². The van der Waals surface area contributed by atoms with E-state index in [1.807, 2.05) is 0 Å². The van der Waals surface area contributed by atoms with Gasteiger partial charge < -0.3 is 0 Å². The second kappa shape index (κ2) is 2.60. The highest BCUT2D eigenvalue weighted by Gasteiger charge is 2.12. The summed E-state index contributed by atoms with van der Waals surface area (Å²) in [6.07, 6.45) is 0. The normalized spacial score (nSPS) is 21.5. The van der Waals surface area contributed by atoms with Gasteiger partial charge in [-0.2, -0.15) is 0 Å². The molecule has 0 aromatic carbocycles. The molecule has 1 nitrogen and oxygen atoms in total. The topological polar surface area (TPSA) is 17.1 Å². The third-order valence-electron chi connectivity index (χ3n) is 0.820. The predicted octanol–water partition coefficient (Wildman–Crippen LogP) is 1.51. The van der Waals surface area contributed by atoms with E-state index in [9.17, 15) is 4.79 Å². The summed E-state index contributed by atoms with van der Waals surface area (Å²) in [5.41, 5.74) is 0. The fraction of sp³-hybridized carbons (Fsp3) is 0.400. The Balaban J connectivity index is 2.52. The van der Waals surface area contributed by atoms with Crippen LogP contribution in [0.4, 0.5) is 0 Å². The maximum atomic E-state index is 10.6. The molecule has 1 rings (SSSR count). The van der Waals surface area contributed by atoms with Crippen molar-refractivity contribution >= 4 is 28.6 Å². The molecule has 0 aromatic rings. The van der Waals surface area contributed by atoms with Gasteiger partial charge in [0.05, 0.1) is 4.91 Å². The van der Waals surface area contributed by atoms with Gasteiger partial charge in [-0.15, -0.1) is 11.8 Å². The van der Waals surface area contributed by atoms with Crippen molar-refractivity contribution in [2.75, 3.05) is 11.5 Å². The highest BCUT2D eigenvalue weighted by Crippen LogP contribution is 2.26. The first-order valence-corrected chi connectivity index (χ1v) is 4.26. The molecular weight excluding hydrogens is 140 g/mol. The van der Waals surface area contributed by atoms with Crippen LogP contribution in [0.3, 0.4) is 0 Å². The lowest BCUT2D eigenvalue weighted by molar-refractivity contribution is -0.107. The molecule has 44 valence electrons. The van der Waals surface area contributed by atoms with Gasteiger partial charge in [0.2, 0.25) is 5.12 Å². The van der Waals surface area contributed by atoms with Crippen LogP contribution in [0.25, 0.3) is 0 Å². The molecule has 1 aliphatic heterocycles.